The van der Waals surface area contributed by atoms with E-state index in [4.69, 9.17) is 19.3 Å². The van der Waals surface area contributed by atoms with Crippen LogP contribution < -0.4 is 5.32 Å². The molecule has 4 rings (SSSR count). The van der Waals surface area contributed by atoms with E-state index in [9.17, 15) is 14.4 Å². The Hall–Kier alpha value is -3.24. The number of hydrogen-bond acceptors (Lipinski definition) is 7. The van der Waals surface area contributed by atoms with Gasteiger partial charge in [-0.3, -0.25) is 14.3 Å². The molecule has 1 N–H and O–H groups in total. The molecule has 212 valence electrons. The number of nitrogens with zero attached hydrogens (tertiary/aromatic N) is 3. The smallest absolute Gasteiger partial charge is 0.338 e. The molecule has 0 unspecified atom stereocenters. The Bertz CT molecular complexity index is 1170. The van der Waals surface area contributed by atoms with Gasteiger partial charge in [0.25, 0.3) is 11.8 Å². The summed E-state index contributed by atoms with van der Waals surface area (Å²) in [5, 5.41) is 7.80. The molecule has 0 spiro atoms. The molecule has 10 heteroatoms. The molecule has 0 aliphatic carbocycles. The molecule has 3 heterocycles. The average Bonchev–Trinajstić information content (AvgIpc) is 3.27. The lowest BCUT2D eigenvalue weighted by Gasteiger charge is -2.27. The van der Waals surface area contributed by atoms with Gasteiger partial charge in [0.1, 0.15) is 0 Å². The number of benzene rings is 1. The van der Waals surface area contributed by atoms with Crippen molar-refractivity contribution in [2.75, 3.05) is 52.7 Å². The quantitative estimate of drug-likeness (QED) is 0.538. The number of aromatic nitrogens is 2. The second-order valence-electron chi connectivity index (χ2n) is 10.8. The summed E-state index contributed by atoms with van der Waals surface area (Å²) < 4.78 is 18.6. The highest BCUT2D eigenvalue weighted by Crippen LogP contribution is 2.25. The van der Waals surface area contributed by atoms with Crippen LogP contribution >= 0.6 is 0 Å². The van der Waals surface area contributed by atoms with Crippen LogP contribution in [0.4, 0.5) is 0 Å². The van der Waals surface area contributed by atoms with Gasteiger partial charge in [0.2, 0.25) is 0 Å². The van der Waals surface area contributed by atoms with Gasteiger partial charge in [-0.1, -0.05) is 26.8 Å². The van der Waals surface area contributed by atoms with E-state index < -0.39 is 11.4 Å². The maximum atomic E-state index is 13.0. The van der Waals surface area contributed by atoms with E-state index in [2.05, 4.69) is 5.32 Å². The van der Waals surface area contributed by atoms with Crippen LogP contribution in [0.15, 0.2) is 24.3 Å². The van der Waals surface area contributed by atoms with E-state index in [1.165, 1.54) is 0 Å². The third kappa shape index (κ3) is 7.45. The Balaban J connectivity index is 1.44. The van der Waals surface area contributed by atoms with Crippen LogP contribution in [0.25, 0.3) is 0 Å². The normalized spacial score (nSPS) is 17.1. The lowest BCUT2D eigenvalue weighted by Crippen LogP contribution is -2.40. The molecule has 1 saturated heterocycles. The highest BCUT2D eigenvalue weighted by atomic mass is 16.5. The lowest BCUT2D eigenvalue weighted by molar-refractivity contribution is 0.0298. The van der Waals surface area contributed by atoms with Crippen molar-refractivity contribution in [3.05, 3.63) is 52.3 Å². The van der Waals surface area contributed by atoms with Gasteiger partial charge < -0.3 is 24.4 Å². The fourth-order valence-corrected chi connectivity index (χ4v) is 4.88. The fourth-order valence-electron chi connectivity index (χ4n) is 4.88. The molecule has 1 aromatic heterocycles. The Morgan fingerprint density at radius 1 is 1.08 bits per heavy atom. The summed E-state index contributed by atoms with van der Waals surface area (Å²) >= 11 is 0. The molecule has 2 aromatic rings. The monoisotopic (exact) mass is 540 g/mol. The Labute approximate surface area is 230 Å². The molecule has 0 saturated carbocycles. The van der Waals surface area contributed by atoms with Crippen LogP contribution in [-0.2, 0) is 33.6 Å². The zero-order chi connectivity index (χ0) is 27.8. The zero-order valence-corrected chi connectivity index (χ0v) is 23.3. The second-order valence-corrected chi connectivity index (χ2v) is 10.8. The zero-order valence-electron chi connectivity index (χ0n) is 23.3. The van der Waals surface area contributed by atoms with Crippen LogP contribution in [0.5, 0.6) is 0 Å². The minimum Gasteiger partial charge on any atom is -0.461 e. The van der Waals surface area contributed by atoms with Crippen molar-refractivity contribution >= 4 is 17.8 Å². The van der Waals surface area contributed by atoms with Gasteiger partial charge in [0.05, 0.1) is 42.3 Å². The summed E-state index contributed by atoms with van der Waals surface area (Å²) in [6.07, 6.45) is 2.90. The molecule has 39 heavy (non-hydrogen) atoms. The first-order valence-corrected chi connectivity index (χ1v) is 13.9. The Morgan fingerprint density at radius 2 is 1.79 bits per heavy atom. The van der Waals surface area contributed by atoms with Crippen molar-refractivity contribution in [1.82, 2.24) is 20.0 Å². The lowest BCUT2D eigenvalue weighted by atomic mass is 9.94. The first-order valence-electron chi connectivity index (χ1n) is 13.9. The topological polar surface area (TPSA) is 112 Å². The van der Waals surface area contributed by atoms with Crippen LogP contribution in [0.3, 0.4) is 0 Å². The third-order valence-electron chi connectivity index (χ3n) is 6.96. The third-order valence-corrected chi connectivity index (χ3v) is 6.96. The number of fused-ring (bicyclic) bond motifs is 1. The van der Waals surface area contributed by atoms with E-state index in [1.807, 2.05) is 25.5 Å². The summed E-state index contributed by atoms with van der Waals surface area (Å²) in [6, 6.07) is 6.66. The molecule has 10 nitrogen and oxygen atoms in total. The molecule has 1 fully saturated rings. The van der Waals surface area contributed by atoms with Gasteiger partial charge in [-0.2, -0.15) is 5.10 Å². The Kier molecular flexibility index (Phi) is 9.74. The number of morpholine rings is 1. The summed E-state index contributed by atoms with van der Waals surface area (Å²) in [4.78, 5) is 40.6. The summed E-state index contributed by atoms with van der Waals surface area (Å²) in [6.45, 7) is 10.6. The van der Waals surface area contributed by atoms with Crippen LogP contribution in [0.2, 0.25) is 0 Å². The predicted molar refractivity (Wildman–Crippen MR) is 145 cm³/mol. The molecule has 0 bridgehead atoms. The maximum absolute atomic E-state index is 13.0. The van der Waals surface area contributed by atoms with Crippen molar-refractivity contribution in [2.24, 2.45) is 5.41 Å². The van der Waals surface area contributed by atoms with E-state index in [0.717, 1.165) is 24.2 Å². The van der Waals surface area contributed by atoms with E-state index >= 15 is 0 Å². The fraction of sp³-hybridized carbons (Fsp3) is 0.586. The standard InChI is InChI=1S/C29H40N4O6/c1-4-23-25-24(10-6-14-37-15-7-11-30-26(25)34)33(31-23)19-29(2,3)20-39-28(36)22-9-5-8-21(18-22)27(35)32-12-16-38-17-13-32/h5,8-9,18H,4,6-7,10-17,19-20H2,1-3H3,(H,30,34). The molecular weight excluding hydrogens is 500 g/mol. The maximum Gasteiger partial charge on any atom is 0.338 e. The molecular formula is C29H40N4O6. The number of carbonyl (C=O) groups excluding carboxylic acids is 3. The van der Waals surface area contributed by atoms with Gasteiger partial charge in [-0.25, -0.2) is 4.79 Å². The average molecular weight is 541 g/mol. The number of aryl methyl sites for hydroxylation is 1. The van der Waals surface area contributed by atoms with E-state index in [1.54, 1.807) is 29.2 Å². The van der Waals surface area contributed by atoms with Gasteiger partial charge in [0.15, 0.2) is 0 Å². The molecule has 2 aliphatic rings. The van der Waals surface area contributed by atoms with Crippen LogP contribution in [0, 0.1) is 5.41 Å². The van der Waals surface area contributed by atoms with Crippen molar-refractivity contribution < 1.29 is 28.6 Å². The summed E-state index contributed by atoms with van der Waals surface area (Å²) in [5.74, 6) is -0.692. The van der Waals surface area contributed by atoms with Crippen molar-refractivity contribution in [3.8, 4) is 0 Å². The molecule has 0 radical (unpaired) electrons. The first kappa shape index (κ1) is 28.8. The van der Waals surface area contributed by atoms with Gasteiger partial charge >= 0.3 is 5.97 Å². The molecule has 2 amide bonds. The number of carbonyl (C=O) groups is 3. The van der Waals surface area contributed by atoms with Crippen molar-refractivity contribution in [2.45, 2.75) is 53.0 Å². The van der Waals surface area contributed by atoms with Gasteiger partial charge in [-0.05, 0) is 43.9 Å². The van der Waals surface area contributed by atoms with Gasteiger partial charge in [-0.15, -0.1) is 0 Å². The van der Waals surface area contributed by atoms with E-state index in [-0.39, 0.29) is 18.4 Å². The highest BCUT2D eigenvalue weighted by Gasteiger charge is 2.28. The van der Waals surface area contributed by atoms with Crippen LogP contribution in [-0.4, -0.2) is 85.1 Å². The summed E-state index contributed by atoms with van der Waals surface area (Å²) in [7, 11) is 0. The molecule has 1 aromatic carbocycles. The highest BCUT2D eigenvalue weighted by molar-refractivity contribution is 5.98. The largest absolute Gasteiger partial charge is 0.461 e. The number of hydrogen-bond donors (Lipinski definition) is 1. The Morgan fingerprint density at radius 3 is 2.56 bits per heavy atom. The minimum absolute atomic E-state index is 0.0919. The number of nitrogens with one attached hydrogen (secondary N) is 1. The number of rotatable bonds is 7. The van der Waals surface area contributed by atoms with Crippen molar-refractivity contribution in [1.29, 1.82) is 0 Å². The van der Waals surface area contributed by atoms with Gasteiger partial charge in [0, 0.05) is 50.4 Å². The van der Waals surface area contributed by atoms with Crippen molar-refractivity contribution in [3.63, 3.8) is 0 Å². The SMILES string of the molecule is CCc1nn(CC(C)(C)COC(=O)c2cccc(C(=O)N3CCOCC3)c2)c2c1C(=O)NCCCOCCC2. The van der Waals surface area contributed by atoms with E-state index in [0.29, 0.717) is 82.1 Å². The van der Waals surface area contributed by atoms with Crippen LogP contribution in [0.1, 0.15) is 76.1 Å². The minimum atomic E-state index is -0.481. The molecule has 2 aliphatic heterocycles. The number of esters is 1. The second kappa shape index (κ2) is 13.2. The predicted octanol–water partition coefficient (Wildman–Crippen LogP) is 2.88. The molecule has 0 atom stereocenters. The summed E-state index contributed by atoms with van der Waals surface area (Å²) in [5.41, 5.74) is 2.66. The number of amides is 2. The number of ether oxygens (including phenoxy) is 3. The first-order chi connectivity index (χ1) is 18.8.